The number of carbonyl (C=O) groups excluding carboxylic acids is 1. The number of nitrogens with two attached hydrogens (primary N) is 1. The average Bonchev–Trinajstić information content (AvgIpc) is 3.23. The second-order valence-electron chi connectivity index (χ2n) is 7.33. The van der Waals surface area contributed by atoms with Gasteiger partial charge in [0.05, 0.1) is 36.8 Å². The first-order valence-electron chi connectivity index (χ1n) is 10.6. The van der Waals surface area contributed by atoms with Gasteiger partial charge in [-0.1, -0.05) is 24.3 Å². The van der Waals surface area contributed by atoms with Crippen LogP contribution < -0.4 is 15.8 Å². The van der Waals surface area contributed by atoms with E-state index >= 15 is 0 Å². The Morgan fingerprint density at radius 2 is 2.00 bits per heavy atom. The highest BCUT2D eigenvalue weighted by molar-refractivity contribution is 5.96. The second-order valence-corrected chi connectivity index (χ2v) is 7.33. The summed E-state index contributed by atoms with van der Waals surface area (Å²) in [7, 11) is 1.43. The number of nitrogens with zero attached hydrogens (tertiary/aromatic N) is 3. The van der Waals surface area contributed by atoms with E-state index in [0.29, 0.717) is 29.8 Å². The van der Waals surface area contributed by atoms with E-state index in [1.807, 2.05) is 37.3 Å². The molecule has 0 aliphatic heterocycles. The van der Waals surface area contributed by atoms with Gasteiger partial charge in [-0.3, -0.25) is 9.20 Å². The third-order valence-corrected chi connectivity index (χ3v) is 5.17. The summed E-state index contributed by atoms with van der Waals surface area (Å²) in [5.74, 6) is 0.324. The van der Waals surface area contributed by atoms with Crippen molar-refractivity contribution in [1.29, 1.82) is 0 Å². The Morgan fingerprint density at radius 3 is 2.74 bits per heavy atom. The van der Waals surface area contributed by atoms with Gasteiger partial charge >= 0.3 is 0 Å². The zero-order chi connectivity index (χ0) is 24.1. The molecule has 1 amide bonds. The molecular formula is C25H24FN5O3. The lowest BCUT2D eigenvalue weighted by Gasteiger charge is -2.10. The summed E-state index contributed by atoms with van der Waals surface area (Å²) in [5.41, 5.74) is 9.47. The number of aromatic nitrogens is 3. The highest BCUT2D eigenvalue weighted by Crippen LogP contribution is 2.26. The molecule has 2 aromatic carbocycles. The first kappa shape index (κ1) is 22.8. The number of methoxy groups -OCH3 is 1. The van der Waals surface area contributed by atoms with Gasteiger partial charge in [0.15, 0.2) is 0 Å². The van der Waals surface area contributed by atoms with Crippen molar-refractivity contribution < 1.29 is 18.7 Å². The largest absolute Gasteiger partial charge is 0.501 e. The number of hydrogen-bond donors (Lipinski definition) is 2. The highest BCUT2D eigenvalue weighted by atomic mass is 19.1. The van der Waals surface area contributed by atoms with Crippen molar-refractivity contribution in [3.05, 3.63) is 83.6 Å². The molecule has 4 rings (SSSR count). The van der Waals surface area contributed by atoms with Gasteiger partial charge in [0, 0.05) is 24.4 Å². The molecule has 8 nitrogen and oxygen atoms in total. The molecule has 0 aliphatic carbocycles. The van der Waals surface area contributed by atoms with Gasteiger partial charge in [0.25, 0.3) is 5.91 Å². The van der Waals surface area contributed by atoms with Gasteiger partial charge in [0.1, 0.15) is 17.4 Å². The fraction of sp³-hybridized carbons (Fsp3) is 0.160. The van der Waals surface area contributed by atoms with Crippen LogP contribution in [0.2, 0.25) is 0 Å². The molecule has 0 unspecified atom stereocenters. The molecule has 0 saturated carbocycles. The third kappa shape index (κ3) is 4.68. The predicted molar refractivity (Wildman–Crippen MR) is 128 cm³/mol. The smallest absolute Gasteiger partial charge is 0.255 e. The first-order chi connectivity index (χ1) is 16.5. The number of carbonyl (C=O) groups is 1. The number of hydrogen-bond acceptors (Lipinski definition) is 6. The van der Waals surface area contributed by atoms with E-state index in [2.05, 4.69) is 10.3 Å². The lowest BCUT2D eigenvalue weighted by Crippen LogP contribution is -2.23. The number of rotatable bonds is 8. The molecule has 2 aromatic heterocycles. The molecule has 34 heavy (non-hydrogen) atoms. The molecular weight excluding hydrogens is 437 g/mol. The topological polar surface area (TPSA) is 104 Å². The minimum Gasteiger partial charge on any atom is -0.501 e. The van der Waals surface area contributed by atoms with Crippen LogP contribution >= 0.6 is 0 Å². The van der Waals surface area contributed by atoms with E-state index in [1.54, 1.807) is 22.9 Å². The van der Waals surface area contributed by atoms with Gasteiger partial charge < -0.3 is 20.5 Å². The van der Waals surface area contributed by atoms with Crippen LogP contribution in [0.3, 0.4) is 0 Å². The van der Waals surface area contributed by atoms with Crippen molar-refractivity contribution in [2.75, 3.05) is 19.5 Å². The van der Waals surface area contributed by atoms with Gasteiger partial charge in [-0.2, -0.15) is 0 Å². The summed E-state index contributed by atoms with van der Waals surface area (Å²) >= 11 is 0. The van der Waals surface area contributed by atoms with Crippen molar-refractivity contribution in [1.82, 2.24) is 19.7 Å². The Kier molecular flexibility index (Phi) is 6.72. The normalized spacial score (nSPS) is 11.1. The summed E-state index contributed by atoms with van der Waals surface area (Å²) in [6, 6.07) is 13.2. The summed E-state index contributed by atoms with van der Waals surface area (Å²) in [5, 5.41) is 2.79. The van der Waals surface area contributed by atoms with Crippen LogP contribution in [-0.2, 0) is 11.3 Å². The van der Waals surface area contributed by atoms with E-state index in [-0.39, 0.29) is 12.1 Å². The third-order valence-electron chi connectivity index (χ3n) is 5.17. The molecule has 0 spiro atoms. The fourth-order valence-electron chi connectivity index (χ4n) is 3.52. The molecule has 9 heteroatoms. The van der Waals surface area contributed by atoms with E-state index < -0.39 is 11.7 Å². The maximum atomic E-state index is 13.6. The number of imidazole rings is 1. The number of fused-ring (bicyclic) bond motifs is 1. The number of nitrogen functional groups attached to an aromatic ring is 1. The summed E-state index contributed by atoms with van der Waals surface area (Å²) in [6.07, 6.45) is 5.02. The second kappa shape index (κ2) is 10.0. The van der Waals surface area contributed by atoms with Crippen LogP contribution in [-0.4, -0.2) is 34.0 Å². The van der Waals surface area contributed by atoms with Gasteiger partial charge in [-0.25, -0.2) is 14.4 Å². The molecule has 0 atom stereocenters. The van der Waals surface area contributed by atoms with Crippen molar-refractivity contribution in [3.8, 4) is 17.1 Å². The summed E-state index contributed by atoms with van der Waals surface area (Å²) in [6.45, 7) is 2.72. The number of ether oxygens (including phenoxy) is 2. The summed E-state index contributed by atoms with van der Waals surface area (Å²) in [4.78, 5) is 21.4. The maximum absolute atomic E-state index is 13.6. The van der Waals surface area contributed by atoms with Gasteiger partial charge in [0.2, 0.25) is 5.95 Å². The van der Waals surface area contributed by atoms with Crippen molar-refractivity contribution in [2.45, 2.75) is 13.5 Å². The van der Waals surface area contributed by atoms with Crippen LogP contribution in [0.15, 0.2) is 61.0 Å². The zero-order valence-electron chi connectivity index (χ0n) is 18.8. The van der Waals surface area contributed by atoms with E-state index in [0.717, 1.165) is 22.7 Å². The van der Waals surface area contributed by atoms with E-state index in [1.165, 1.54) is 19.2 Å². The summed E-state index contributed by atoms with van der Waals surface area (Å²) < 4.78 is 25.8. The number of nitrogens with one attached hydrogen (secondary N) is 1. The Balaban J connectivity index is 1.55. The fourth-order valence-corrected chi connectivity index (χ4v) is 3.52. The van der Waals surface area contributed by atoms with Crippen LogP contribution in [0.4, 0.5) is 10.3 Å². The molecule has 0 fully saturated rings. The molecule has 2 heterocycles. The lowest BCUT2D eigenvalue weighted by molar-refractivity contribution is 0.0947. The molecule has 0 radical (unpaired) electrons. The van der Waals surface area contributed by atoms with Crippen molar-refractivity contribution in [2.24, 2.45) is 0 Å². The Hall–Kier alpha value is -4.40. The Bertz CT molecular complexity index is 1350. The van der Waals surface area contributed by atoms with E-state index in [4.69, 9.17) is 20.2 Å². The number of benzene rings is 2. The van der Waals surface area contributed by atoms with Crippen LogP contribution in [0.1, 0.15) is 28.5 Å². The standard InChI is InChI=1S/C25H24FN5O3/c1-3-34-13-11-20-21-10-12-28-25(27)31(21)23(30-20)17-6-4-16(5-7-17)15-29-24(32)19-14-18(26)8-9-22(19)33-2/h4-14H,3,15H2,1-2H3,(H2,27,28)(H,29,32)/b13-11+. The number of halogens is 1. The minimum absolute atomic E-state index is 0.138. The van der Waals surface area contributed by atoms with E-state index in [9.17, 15) is 9.18 Å². The Labute approximate surface area is 195 Å². The predicted octanol–water partition coefficient (Wildman–Crippen LogP) is 4.06. The van der Waals surface area contributed by atoms with Crippen LogP contribution in [0, 0.1) is 5.82 Å². The van der Waals surface area contributed by atoms with Crippen molar-refractivity contribution in [3.63, 3.8) is 0 Å². The minimum atomic E-state index is -0.508. The Morgan fingerprint density at radius 1 is 1.21 bits per heavy atom. The molecule has 0 bridgehead atoms. The highest BCUT2D eigenvalue weighted by Gasteiger charge is 2.15. The first-order valence-corrected chi connectivity index (χ1v) is 10.6. The van der Waals surface area contributed by atoms with Gasteiger partial charge in [-0.05, 0) is 36.8 Å². The number of amides is 1. The van der Waals surface area contributed by atoms with Crippen LogP contribution in [0.5, 0.6) is 5.75 Å². The molecule has 0 aliphatic rings. The maximum Gasteiger partial charge on any atom is 0.255 e. The van der Waals surface area contributed by atoms with Crippen LogP contribution in [0.25, 0.3) is 23.0 Å². The SMILES string of the molecule is CCO/C=C/c1nc(-c2ccc(CNC(=O)c3cc(F)ccc3OC)cc2)n2c(N)nccc12. The number of anilines is 1. The quantitative estimate of drug-likeness (QED) is 0.384. The monoisotopic (exact) mass is 461 g/mol. The molecule has 3 N–H and O–H groups in total. The van der Waals surface area contributed by atoms with Gasteiger partial charge in [-0.15, -0.1) is 0 Å². The molecule has 4 aromatic rings. The molecule has 0 saturated heterocycles. The zero-order valence-corrected chi connectivity index (χ0v) is 18.8. The average molecular weight is 461 g/mol. The lowest BCUT2D eigenvalue weighted by atomic mass is 10.1. The van der Waals surface area contributed by atoms with Crippen molar-refractivity contribution >= 4 is 23.4 Å². The molecule has 174 valence electrons.